The van der Waals surface area contributed by atoms with Gasteiger partial charge < -0.3 is 10.2 Å². The summed E-state index contributed by atoms with van der Waals surface area (Å²) in [7, 11) is 0. The van der Waals surface area contributed by atoms with Crippen LogP contribution in [0, 0.1) is 18.6 Å². The van der Waals surface area contributed by atoms with Gasteiger partial charge in [-0.3, -0.25) is 4.79 Å². The Morgan fingerprint density at radius 2 is 1.88 bits per heavy atom. The van der Waals surface area contributed by atoms with Gasteiger partial charge in [-0.15, -0.1) is 0 Å². The number of carbonyl (C=O) groups is 1. The topological polar surface area (TPSA) is 58.1 Å². The summed E-state index contributed by atoms with van der Waals surface area (Å²) in [6, 6.07) is 5.46. The first kappa shape index (κ1) is 16.3. The molecule has 1 aromatic carbocycles. The highest BCUT2D eigenvalue weighted by Crippen LogP contribution is 2.20. The molecule has 126 valence electrons. The molecular formula is C17H18F2N4O. The van der Waals surface area contributed by atoms with Crippen molar-refractivity contribution in [1.82, 2.24) is 14.9 Å². The number of rotatable bonds is 3. The maximum atomic E-state index is 13.7. The number of hydrogen-bond acceptors (Lipinski definition) is 4. The van der Waals surface area contributed by atoms with Gasteiger partial charge in [-0.05, 0) is 31.9 Å². The number of benzene rings is 1. The first-order valence-corrected chi connectivity index (χ1v) is 7.83. The van der Waals surface area contributed by atoms with Crippen LogP contribution in [-0.4, -0.2) is 39.9 Å². The number of carbonyl (C=O) groups excluding carboxylic acids is 1. The normalized spacial score (nSPS) is 15.4. The SMILES string of the molecule is Cc1cc(NC2CCN(C(=O)c3c(F)cccc3F)CC2)ncn1. The Labute approximate surface area is 138 Å². The summed E-state index contributed by atoms with van der Waals surface area (Å²) in [5.41, 5.74) is 0.394. The van der Waals surface area contributed by atoms with Gasteiger partial charge in [0.25, 0.3) is 5.91 Å². The van der Waals surface area contributed by atoms with Gasteiger partial charge in [0.05, 0.1) is 0 Å². The molecule has 1 saturated heterocycles. The largest absolute Gasteiger partial charge is 0.367 e. The van der Waals surface area contributed by atoms with Crippen LogP contribution in [0.1, 0.15) is 28.9 Å². The molecule has 0 radical (unpaired) electrons. The van der Waals surface area contributed by atoms with Crippen LogP contribution in [0.4, 0.5) is 14.6 Å². The average molecular weight is 332 g/mol. The van der Waals surface area contributed by atoms with Gasteiger partial charge in [-0.1, -0.05) is 6.07 Å². The van der Waals surface area contributed by atoms with Gasteiger partial charge in [0.2, 0.25) is 0 Å². The molecule has 5 nitrogen and oxygen atoms in total. The van der Waals surface area contributed by atoms with Crippen molar-refractivity contribution >= 4 is 11.7 Å². The Kier molecular flexibility index (Phi) is 4.69. The molecule has 1 fully saturated rings. The molecule has 1 N–H and O–H groups in total. The number of piperidine rings is 1. The van der Waals surface area contributed by atoms with E-state index >= 15 is 0 Å². The second-order valence-corrected chi connectivity index (χ2v) is 5.85. The maximum Gasteiger partial charge on any atom is 0.259 e. The van der Waals surface area contributed by atoms with E-state index in [1.165, 1.54) is 17.3 Å². The van der Waals surface area contributed by atoms with Crippen LogP contribution < -0.4 is 5.32 Å². The van der Waals surface area contributed by atoms with E-state index in [9.17, 15) is 13.6 Å². The summed E-state index contributed by atoms with van der Waals surface area (Å²) in [5.74, 6) is -1.50. The minimum Gasteiger partial charge on any atom is -0.367 e. The Morgan fingerprint density at radius 3 is 2.50 bits per heavy atom. The Morgan fingerprint density at radius 1 is 1.21 bits per heavy atom. The highest BCUT2D eigenvalue weighted by atomic mass is 19.1. The third-order valence-electron chi connectivity index (χ3n) is 4.11. The van der Waals surface area contributed by atoms with Crippen molar-refractivity contribution in [3.8, 4) is 0 Å². The summed E-state index contributed by atoms with van der Waals surface area (Å²) in [5, 5.41) is 3.31. The predicted molar refractivity (Wildman–Crippen MR) is 85.7 cm³/mol. The van der Waals surface area contributed by atoms with Crippen molar-refractivity contribution in [3.63, 3.8) is 0 Å². The van der Waals surface area contributed by atoms with Crippen LogP contribution in [0.15, 0.2) is 30.6 Å². The molecule has 1 aliphatic heterocycles. The van der Waals surface area contributed by atoms with E-state index in [-0.39, 0.29) is 6.04 Å². The van der Waals surface area contributed by atoms with Gasteiger partial charge in [0, 0.05) is 30.9 Å². The number of aromatic nitrogens is 2. The monoisotopic (exact) mass is 332 g/mol. The van der Waals surface area contributed by atoms with Crippen LogP contribution in [0.5, 0.6) is 0 Å². The molecule has 3 rings (SSSR count). The minimum absolute atomic E-state index is 0.161. The summed E-state index contributed by atoms with van der Waals surface area (Å²) < 4.78 is 27.5. The van der Waals surface area contributed by atoms with Crippen molar-refractivity contribution in [1.29, 1.82) is 0 Å². The fourth-order valence-electron chi connectivity index (χ4n) is 2.83. The van der Waals surface area contributed by atoms with E-state index in [2.05, 4.69) is 15.3 Å². The lowest BCUT2D eigenvalue weighted by atomic mass is 10.0. The molecule has 0 spiro atoms. The molecule has 1 amide bonds. The summed E-state index contributed by atoms with van der Waals surface area (Å²) in [4.78, 5) is 22.0. The van der Waals surface area contributed by atoms with Crippen LogP contribution in [0.3, 0.4) is 0 Å². The molecule has 1 aliphatic rings. The van der Waals surface area contributed by atoms with Crippen molar-refractivity contribution < 1.29 is 13.6 Å². The Hall–Kier alpha value is -2.57. The quantitative estimate of drug-likeness (QED) is 0.939. The molecule has 0 unspecified atom stereocenters. The Balaban J connectivity index is 1.62. The first-order valence-electron chi connectivity index (χ1n) is 7.83. The van der Waals surface area contributed by atoms with Crippen molar-refractivity contribution in [3.05, 3.63) is 53.5 Å². The van der Waals surface area contributed by atoms with Gasteiger partial charge in [-0.2, -0.15) is 0 Å². The number of likely N-dealkylation sites (tertiary alicyclic amines) is 1. The fourth-order valence-corrected chi connectivity index (χ4v) is 2.83. The predicted octanol–water partition coefficient (Wildman–Crippen LogP) is 2.78. The van der Waals surface area contributed by atoms with Crippen LogP contribution in [-0.2, 0) is 0 Å². The van der Waals surface area contributed by atoms with E-state index in [0.29, 0.717) is 25.9 Å². The number of hydrogen-bond donors (Lipinski definition) is 1. The molecule has 0 atom stereocenters. The lowest BCUT2D eigenvalue weighted by molar-refractivity contribution is 0.0708. The fraction of sp³-hybridized carbons (Fsp3) is 0.353. The van der Waals surface area contributed by atoms with E-state index < -0.39 is 23.1 Å². The second-order valence-electron chi connectivity index (χ2n) is 5.85. The second kappa shape index (κ2) is 6.90. The summed E-state index contributed by atoms with van der Waals surface area (Å²) >= 11 is 0. The lowest BCUT2D eigenvalue weighted by Gasteiger charge is -2.32. The highest BCUT2D eigenvalue weighted by molar-refractivity contribution is 5.94. The first-order chi connectivity index (χ1) is 11.5. The molecule has 2 heterocycles. The Bertz CT molecular complexity index is 725. The number of nitrogens with one attached hydrogen (secondary N) is 1. The zero-order valence-corrected chi connectivity index (χ0v) is 13.3. The van der Waals surface area contributed by atoms with Gasteiger partial charge in [0.1, 0.15) is 29.3 Å². The molecule has 24 heavy (non-hydrogen) atoms. The van der Waals surface area contributed by atoms with Crippen molar-refractivity contribution in [2.24, 2.45) is 0 Å². The number of anilines is 1. The van der Waals surface area contributed by atoms with Gasteiger partial charge >= 0.3 is 0 Å². The molecule has 2 aromatic rings. The van der Waals surface area contributed by atoms with E-state index in [0.717, 1.165) is 23.6 Å². The minimum atomic E-state index is -0.822. The number of halogens is 2. The summed E-state index contributed by atoms with van der Waals surface area (Å²) in [6.45, 7) is 2.76. The van der Waals surface area contributed by atoms with E-state index in [1.54, 1.807) is 0 Å². The van der Waals surface area contributed by atoms with E-state index in [1.807, 2.05) is 13.0 Å². The van der Waals surface area contributed by atoms with Crippen molar-refractivity contribution in [2.45, 2.75) is 25.8 Å². The smallest absolute Gasteiger partial charge is 0.259 e. The maximum absolute atomic E-state index is 13.7. The van der Waals surface area contributed by atoms with Crippen LogP contribution >= 0.6 is 0 Å². The molecule has 0 saturated carbocycles. The van der Waals surface area contributed by atoms with E-state index in [4.69, 9.17) is 0 Å². The summed E-state index contributed by atoms with van der Waals surface area (Å²) in [6.07, 6.45) is 2.87. The number of amides is 1. The van der Waals surface area contributed by atoms with Crippen LogP contribution in [0.2, 0.25) is 0 Å². The third-order valence-corrected chi connectivity index (χ3v) is 4.11. The highest BCUT2D eigenvalue weighted by Gasteiger charge is 2.27. The third kappa shape index (κ3) is 3.50. The number of aryl methyl sites for hydroxylation is 1. The van der Waals surface area contributed by atoms with Crippen LogP contribution in [0.25, 0.3) is 0 Å². The van der Waals surface area contributed by atoms with Gasteiger partial charge in [-0.25, -0.2) is 18.7 Å². The number of nitrogens with zero attached hydrogens (tertiary/aromatic N) is 3. The molecule has 7 heteroatoms. The zero-order valence-electron chi connectivity index (χ0n) is 13.3. The molecule has 1 aromatic heterocycles. The molecular weight excluding hydrogens is 314 g/mol. The molecule has 0 aliphatic carbocycles. The standard InChI is InChI=1S/C17H18F2N4O/c1-11-9-15(21-10-20-11)22-12-5-7-23(8-6-12)17(24)16-13(18)3-2-4-14(16)19/h2-4,9-10,12H,5-8H2,1H3,(H,20,21,22). The van der Waals surface area contributed by atoms with Crippen molar-refractivity contribution in [2.75, 3.05) is 18.4 Å². The average Bonchev–Trinajstić information content (AvgIpc) is 2.55. The molecule has 0 bridgehead atoms. The zero-order chi connectivity index (χ0) is 17.1. The van der Waals surface area contributed by atoms with Gasteiger partial charge in [0.15, 0.2) is 0 Å². The lowest BCUT2D eigenvalue weighted by Crippen LogP contribution is -2.43.